The van der Waals surface area contributed by atoms with Crippen LogP contribution in [0.2, 0.25) is 0 Å². The van der Waals surface area contributed by atoms with Gasteiger partial charge in [0.15, 0.2) is 0 Å². The summed E-state index contributed by atoms with van der Waals surface area (Å²) in [5.74, 6) is 0.262. The second-order valence-corrected chi connectivity index (χ2v) is 6.74. The van der Waals surface area contributed by atoms with E-state index < -0.39 is 0 Å². The molecule has 0 spiro atoms. The lowest BCUT2D eigenvalue weighted by Crippen LogP contribution is -2.58. The van der Waals surface area contributed by atoms with Gasteiger partial charge in [-0.05, 0) is 30.8 Å². The summed E-state index contributed by atoms with van der Waals surface area (Å²) in [7, 11) is 0. The predicted octanol–water partition coefficient (Wildman–Crippen LogP) is 3.48. The van der Waals surface area contributed by atoms with Gasteiger partial charge in [0.05, 0.1) is 19.0 Å². The molecule has 1 unspecified atom stereocenters. The monoisotopic (exact) mass is 334 g/mol. The van der Waals surface area contributed by atoms with E-state index in [4.69, 9.17) is 0 Å². The van der Waals surface area contributed by atoms with Gasteiger partial charge in [-0.15, -0.1) is 13.2 Å². The standard InChI is InChI=1S/C17H26N4OS/c1-6-9-19-11-20(10-13(4)7-2)17(22)21(12-19)16-14(5)15(8-3)18-23-16/h6-7,13H,1-2,8-12H2,3-5H3. The number of carbonyl (C=O) groups excluding carboxylic acids is 1. The Morgan fingerprint density at radius 2 is 2.13 bits per heavy atom. The molecule has 1 aliphatic heterocycles. The lowest BCUT2D eigenvalue weighted by atomic mass is 10.1. The summed E-state index contributed by atoms with van der Waals surface area (Å²) in [5, 5.41) is 0.955. The lowest BCUT2D eigenvalue weighted by molar-refractivity contribution is 0.118. The minimum absolute atomic E-state index is 0.0495. The fourth-order valence-corrected chi connectivity index (χ4v) is 3.68. The smallest absolute Gasteiger partial charge is 0.311 e. The van der Waals surface area contributed by atoms with E-state index in [1.165, 1.54) is 11.5 Å². The molecule has 0 saturated carbocycles. The summed E-state index contributed by atoms with van der Waals surface area (Å²) in [6, 6.07) is 0.0495. The summed E-state index contributed by atoms with van der Waals surface area (Å²) >= 11 is 1.41. The number of amides is 2. The van der Waals surface area contributed by atoms with Gasteiger partial charge >= 0.3 is 6.03 Å². The number of urea groups is 1. The third-order valence-electron chi connectivity index (χ3n) is 4.09. The van der Waals surface area contributed by atoms with Crippen molar-refractivity contribution in [2.45, 2.75) is 27.2 Å². The maximum Gasteiger partial charge on any atom is 0.327 e. The van der Waals surface area contributed by atoms with Gasteiger partial charge in [-0.3, -0.25) is 9.80 Å². The lowest BCUT2D eigenvalue weighted by Gasteiger charge is -2.42. The normalized spacial score (nSPS) is 17.4. The van der Waals surface area contributed by atoms with Crippen LogP contribution in [0.1, 0.15) is 25.1 Å². The number of nitrogens with zero attached hydrogens (tertiary/aromatic N) is 4. The molecule has 0 aliphatic carbocycles. The number of aromatic nitrogens is 1. The Labute approximate surface area is 143 Å². The molecule has 2 rings (SSSR count). The first-order valence-electron chi connectivity index (χ1n) is 7.99. The van der Waals surface area contributed by atoms with E-state index >= 15 is 0 Å². The fourth-order valence-electron chi connectivity index (χ4n) is 2.73. The Morgan fingerprint density at radius 1 is 1.39 bits per heavy atom. The van der Waals surface area contributed by atoms with Crippen molar-refractivity contribution in [1.82, 2.24) is 14.2 Å². The molecule has 0 aromatic carbocycles. The second kappa shape index (κ2) is 7.75. The number of hydrogen-bond acceptors (Lipinski definition) is 4. The predicted molar refractivity (Wildman–Crippen MR) is 96.8 cm³/mol. The third-order valence-corrected chi connectivity index (χ3v) is 5.10. The summed E-state index contributed by atoms with van der Waals surface area (Å²) in [6.45, 7) is 16.5. The number of hydrogen-bond donors (Lipinski definition) is 0. The first-order chi connectivity index (χ1) is 11.0. The zero-order chi connectivity index (χ0) is 17.0. The quantitative estimate of drug-likeness (QED) is 0.717. The largest absolute Gasteiger partial charge is 0.327 e. The van der Waals surface area contributed by atoms with Crippen LogP contribution in [0.3, 0.4) is 0 Å². The van der Waals surface area contributed by atoms with Crippen LogP contribution in [0.5, 0.6) is 0 Å². The van der Waals surface area contributed by atoms with E-state index in [2.05, 4.69) is 36.3 Å². The van der Waals surface area contributed by atoms with Gasteiger partial charge in [0, 0.05) is 18.7 Å². The van der Waals surface area contributed by atoms with Crippen LogP contribution < -0.4 is 4.90 Å². The molecule has 1 aliphatic rings. The first-order valence-corrected chi connectivity index (χ1v) is 8.76. The van der Waals surface area contributed by atoms with Crippen molar-refractivity contribution in [2.75, 3.05) is 31.3 Å². The van der Waals surface area contributed by atoms with Crippen molar-refractivity contribution in [3.8, 4) is 0 Å². The zero-order valence-electron chi connectivity index (χ0n) is 14.3. The molecule has 6 heteroatoms. The zero-order valence-corrected chi connectivity index (χ0v) is 15.1. The van der Waals surface area contributed by atoms with E-state index in [1.54, 1.807) is 0 Å². The van der Waals surface area contributed by atoms with Crippen LogP contribution in [0.25, 0.3) is 0 Å². The van der Waals surface area contributed by atoms with Crippen molar-refractivity contribution >= 4 is 22.6 Å². The van der Waals surface area contributed by atoms with Gasteiger partial charge in [0.2, 0.25) is 0 Å². The highest BCUT2D eigenvalue weighted by molar-refractivity contribution is 7.10. The molecule has 2 heterocycles. The van der Waals surface area contributed by atoms with Gasteiger partial charge in [-0.1, -0.05) is 26.0 Å². The molecule has 23 heavy (non-hydrogen) atoms. The molecule has 1 atom stereocenters. The highest BCUT2D eigenvalue weighted by Gasteiger charge is 2.33. The van der Waals surface area contributed by atoms with E-state index in [0.29, 0.717) is 19.9 Å². The Hall–Kier alpha value is -1.66. The number of rotatable bonds is 7. The molecule has 2 amide bonds. The van der Waals surface area contributed by atoms with Gasteiger partial charge in [0.1, 0.15) is 5.00 Å². The average Bonchev–Trinajstić information content (AvgIpc) is 2.91. The molecular weight excluding hydrogens is 308 g/mol. The maximum absolute atomic E-state index is 12.9. The summed E-state index contributed by atoms with van der Waals surface area (Å²) in [5.41, 5.74) is 2.19. The minimum Gasteiger partial charge on any atom is -0.311 e. The molecular formula is C17H26N4OS. The molecule has 0 radical (unpaired) electrons. The molecule has 1 aromatic rings. The fraction of sp³-hybridized carbons (Fsp3) is 0.529. The molecule has 1 aromatic heterocycles. The van der Waals surface area contributed by atoms with Gasteiger partial charge in [0.25, 0.3) is 0 Å². The van der Waals surface area contributed by atoms with Gasteiger partial charge in [-0.2, -0.15) is 4.37 Å². The molecule has 0 N–H and O–H groups in total. The van der Waals surface area contributed by atoms with E-state index in [1.807, 2.05) is 28.9 Å². The Kier molecular flexibility index (Phi) is 5.96. The van der Waals surface area contributed by atoms with Crippen LogP contribution in [-0.4, -0.2) is 46.6 Å². The average molecular weight is 334 g/mol. The molecule has 0 bridgehead atoms. The maximum atomic E-state index is 12.9. The van der Waals surface area contributed by atoms with Gasteiger partial charge < -0.3 is 4.90 Å². The van der Waals surface area contributed by atoms with Crippen LogP contribution in [0.4, 0.5) is 9.80 Å². The highest BCUT2D eigenvalue weighted by Crippen LogP contribution is 2.31. The third kappa shape index (κ3) is 3.82. The Balaban J connectivity index is 2.28. The number of aryl methyl sites for hydroxylation is 1. The number of carbonyl (C=O) groups is 1. The minimum atomic E-state index is 0.0495. The van der Waals surface area contributed by atoms with Gasteiger partial charge in [-0.25, -0.2) is 4.79 Å². The molecule has 1 fully saturated rings. The SMILES string of the molecule is C=CCN1CN(CC(C)C=C)C(=O)N(c2snc(CC)c2C)C1. The molecule has 5 nitrogen and oxygen atoms in total. The summed E-state index contributed by atoms with van der Waals surface area (Å²) in [6.07, 6.45) is 4.65. The van der Waals surface area contributed by atoms with Crippen molar-refractivity contribution in [3.05, 3.63) is 36.6 Å². The topological polar surface area (TPSA) is 39.7 Å². The molecule has 1 saturated heterocycles. The second-order valence-electron chi connectivity index (χ2n) is 5.98. The van der Waals surface area contributed by atoms with Crippen molar-refractivity contribution in [3.63, 3.8) is 0 Å². The van der Waals surface area contributed by atoms with E-state index in [-0.39, 0.29) is 11.9 Å². The van der Waals surface area contributed by atoms with Crippen LogP contribution >= 0.6 is 11.5 Å². The highest BCUT2D eigenvalue weighted by atomic mass is 32.1. The summed E-state index contributed by atoms with van der Waals surface area (Å²) in [4.78, 5) is 18.8. The first kappa shape index (κ1) is 17.7. The van der Waals surface area contributed by atoms with Crippen molar-refractivity contribution in [1.29, 1.82) is 0 Å². The van der Waals surface area contributed by atoms with Crippen molar-refractivity contribution < 1.29 is 4.79 Å². The van der Waals surface area contributed by atoms with E-state index in [9.17, 15) is 4.79 Å². The van der Waals surface area contributed by atoms with Crippen LogP contribution in [0, 0.1) is 12.8 Å². The summed E-state index contributed by atoms with van der Waals surface area (Å²) < 4.78 is 4.49. The Bertz CT molecular complexity index is 583. The van der Waals surface area contributed by atoms with Crippen molar-refractivity contribution in [2.24, 2.45) is 5.92 Å². The Morgan fingerprint density at radius 3 is 2.70 bits per heavy atom. The van der Waals surface area contributed by atoms with Crippen LogP contribution in [0.15, 0.2) is 25.3 Å². The number of anilines is 1. The van der Waals surface area contributed by atoms with E-state index in [0.717, 1.165) is 29.2 Å². The van der Waals surface area contributed by atoms with Crippen LogP contribution in [-0.2, 0) is 6.42 Å². The molecule has 126 valence electrons.